The van der Waals surface area contributed by atoms with Crippen molar-refractivity contribution in [2.45, 2.75) is 26.8 Å². The Morgan fingerprint density at radius 1 is 0.909 bits per heavy atom. The molecule has 22 heavy (non-hydrogen) atoms. The Morgan fingerprint density at radius 2 is 1.55 bits per heavy atom. The summed E-state index contributed by atoms with van der Waals surface area (Å²) in [6, 6.07) is 17.0. The molecule has 2 N–H and O–H groups in total. The number of hydrogen-bond donors (Lipinski definition) is 2. The maximum atomic E-state index is 8.00. The van der Waals surface area contributed by atoms with Crippen LogP contribution in [0.1, 0.15) is 22.3 Å². The fourth-order valence-corrected chi connectivity index (χ4v) is 2.14. The monoisotopic (exact) mass is 301 g/mol. The molecule has 2 aromatic rings. The zero-order valence-corrected chi connectivity index (χ0v) is 13.8. The second-order valence-electron chi connectivity index (χ2n) is 4.85. The van der Waals surface area contributed by atoms with Crippen molar-refractivity contribution in [1.82, 2.24) is 5.32 Å². The first kappa shape index (κ1) is 20.0. The third kappa shape index (κ3) is 7.72. The van der Waals surface area contributed by atoms with Crippen molar-refractivity contribution >= 4 is 6.79 Å². The number of rotatable bonds is 0. The summed E-state index contributed by atoms with van der Waals surface area (Å²) in [5, 5.41) is 10.4. The highest BCUT2D eigenvalue weighted by Gasteiger charge is 2.06. The van der Waals surface area contributed by atoms with Gasteiger partial charge < -0.3 is 15.2 Å². The third-order valence-electron chi connectivity index (χ3n) is 3.19. The van der Waals surface area contributed by atoms with Gasteiger partial charge in [-0.3, -0.25) is 0 Å². The maximum Gasteiger partial charge on any atom is 0.106 e. The molecule has 0 atom stereocenters. The van der Waals surface area contributed by atoms with E-state index in [2.05, 4.69) is 49.5 Å². The van der Waals surface area contributed by atoms with Gasteiger partial charge in [0.2, 0.25) is 0 Å². The van der Waals surface area contributed by atoms with Crippen LogP contribution >= 0.6 is 0 Å². The van der Waals surface area contributed by atoms with E-state index in [4.69, 9.17) is 9.90 Å². The Kier molecular flexibility index (Phi) is 11.6. The Hall–Kier alpha value is -1.97. The minimum atomic E-state index is 1.00. The molecule has 0 spiro atoms. The van der Waals surface area contributed by atoms with E-state index in [1.54, 1.807) is 0 Å². The van der Waals surface area contributed by atoms with Gasteiger partial charge in [-0.25, -0.2) is 0 Å². The van der Waals surface area contributed by atoms with Crippen LogP contribution in [0.2, 0.25) is 0 Å². The molecule has 1 aliphatic heterocycles. The van der Waals surface area contributed by atoms with E-state index in [0.29, 0.717) is 0 Å². The van der Waals surface area contributed by atoms with Crippen molar-refractivity contribution in [3.05, 3.63) is 70.8 Å². The molecule has 0 saturated carbocycles. The van der Waals surface area contributed by atoms with Gasteiger partial charge in [0.15, 0.2) is 0 Å². The molecule has 0 saturated heterocycles. The lowest BCUT2D eigenvalue weighted by Gasteiger charge is -2.16. The summed E-state index contributed by atoms with van der Waals surface area (Å²) in [6.07, 6.45) is 1.19. The summed E-state index contributed by atoms with van der Waals surface area (Å²) in [7, 11) is 1.00. The molecule has 0 fully saturated rings. The summed E-state index contributed by atoms with van der Waals surface area (Å²) < 4.78 is 0. The summed E-state index contributed by atoms with van der Waals surface area (Å²) in [5.41, 5.74) is 5.71. The smallest absolute Gasteiger partial charge is 0.106 e. The quantitative estimate of drug-likeness (QED) is 0.786. The molecular weight excluding hydrogens is 274 g/mol. The van der Waals surface area contributed by atoms with Crippen molar-refractivity contribution in [2.75, 3.05) is 13.7 Å². The predicted molar refractivity (Wildman–Crippen MR) is 93.0 cm³/mol. The lowest BCUT2D eigenvalue weighted by Crippen LogP contribution is -2.23. The predicted octanol–water partition coefficient (Wildman–Crippen LogP) is 3.06. The molecule has 0 bridgehead atoms. The lowest BCUT2D eigenvalue weighted by atomic mass is 9.99. The molecular formula is C19H27NO2. The van der Waals surface area contributed by atoms with E-state index in [0.717, 1.165) is 20.2 Å². The van der Waals surface area contributed by atoms with E-state index in [9.17, 15) is 0 Å². The first-order valence-corrected chi connectivity index (χ1v) is 7.30. The second kappa shape index (κ2) is 12.7. The van der Waals surface area contributed by atoms with Gasteiger partial charge in [-0.15, -0.1) is 0 Å². The zero-order chi connectivity index (χ0) is 16.8. The van der Waals surface area contributed by atoms with Crippen LogP contribution in [0.5, 0.6) is 0 Å². The normalized spacial score (nSPS) is 11.3. The van der Waals surface area contributed by atoms with Crippen LogP contribution in [-0.4, -0.2) is 25.6 Å². The van der Waals surface area contributed by atoms with Crippen LogP contribution < -0.4 is 5.32 Å². The molecule has 1 heterocycles. The van der Waals surface area contributed by atoms with Gasteiger partial charge >= 0.3 is 0 Å². The highest BCUT2D eigenvalue weighted by Crippen LogP contribution is 2.14. The van der Waals surface area contributed by atoms with E-state index < -0.39 is 0 Å². The first-order valence-electron chi connectivity index (χ1n) is 7.30. The van der Waals surface area contributed by atoms with Crippen molar-refractivity contribution in [1.29, 1.82) is 0 Å². The Morgan fingerprint density at radius 3 is 2.09 bits per heavy atom. The number of aryl methyl sites for hydroxylation is 2. The second-order valence-corrected chi connectivity index (χ2v) is 4.85. The summed E-state index contributed by atoms with van der Waals surface area (Å²) in [5.74, 6) is 0. The topological polar surface area (TPSA) is 49.3 Å². The Balaban J connectivity index is 0.000000348. The number of carbonyl (C=O) groups is 1. The van der Waals surface area contributed by atoms with E-state index in [1.807, 2.05) is 25.0 Å². The molecule has 0 amide bonds. The first-order chi connectivity index (χ1) is 10.8. The van der Waals surface area contributed by atoms with Crippen molar-refractivity contribution in [3.8, 4) is 0 Å². The number of hydrogen-bond acceptors (Lipinski definition) is 3. The standard InChI is InChI=1S/C10H13N.C7H8.CH4O.CH2O/c1-8-2-3-10-7-11-5-4-9(10)6-8;1-7-5-3-2-4-6-7;2*1-2/h2-3,6,11H,4-5,7H2,1H3;2-6H,1H3;2H,1H3;1H2. The summed E-state index contributed by atoms with van der Waals surface area (Å²) in [6.45, 7) is 8.42. The molecule has 3 nitrogen and oxygen atoms in total. The minimum absolute atomic E-state index is 1.00. The molecule has 120 valence electrons. The van der Waals surface area contributed by atoms with Crippen LogP contribution in [0.25, 0.3) is 0 Å². The maximum absolute atomic E-state index is 8.00. The van der Waals surface area contributed by atoms with Crippen molar-refractivity contribution in [3.63, 3.8) is 0 Å². The van der Waals surface area contributed by atoms with Gasteiger partial charge in [0.05, 0.1) is 0 Å². The van der Waals surface area contributed by atoms with E-state index >= 15 is 0 Å². The van der Waals surface area contributed by atoms with Crippen LogP contribution in [0.3, 0.4) is 0 Å². The molecule has 0 aliphatic carbocycles. The van der Waals surface area contributed by atoms with Gasteiger partial charge in [0, 0.05) is 13.7 Å². The molecule has 3 rings (SSSR count). The number of fused-ring (bicyclic) bond motifs is 1. The summed E-state index contributed by atoms with van der Waals surface area (Å²) >= 11 is 0. The van der Waals surface area contributed by atoms with Crippen LogP contribution in [0.4, 0.5) is 0 Å². The SMILES string of the molecule is C=O.CO.Cc1ccc2c(c1)CCNC2.Cc1ccccc1. The molecule has 0 unspecified atom stereocenters. The fourth-order valence-electron chi connectivity index (χ4n) is 2.14. The average Bonchev–Trinajstić information content (AvgIpc) is 2.60. The fraction of sp³-hybridized carbons (Fsp3) is 0.316. The molecule has 2 aromatic carbocycles. The Bertz CT molecular complexity index is 512. The lowest BCUT2D eigenvalue weighted by molar-refractivity contribution is -0.0979. The molecule has 3 heteroatoms. The highest BCUT2D eigenvalue weighted by molar-refractivity contribution is 5.32. The van der Waals surface area contributed by atoms with Crippen LogP contribution in [-0.2, 0) is 17.8 Å². The molecule has 0 aromatic heterocycles. The summed E-state index contributed by atoms with van der Waals surface area (Å²) in [4.78, 5) is 8.00. The largest absolute Gasteiger partial charge is 0.400 e. The highest BCUT2D eigenvalue weighted by atomic mass is 16.2. The number of carbonyl (C=O) groups excluding carboxylic acids is 1. The molecule has 1 aliphatic rings. The average molecular weight is 301 g/mol. The number of benzene rings is 2. The van der Waals surface area contributed by atoms with Crippen molar-refractivity contribution < 1.29 is 9.90 Å². The van der Waals surface area contributed by atoms with Crippen LogP contribution in [0, 0.1) is 13.8 Å². The van der Waals surface area contributed by atoms with Gasteiger partial charge in [-0.2, -0.15) is 0 Å². The third-order valence-corrected chi connectivity index (χ3v) is 3.19. The van der Waals surface area contributed by atoms with Crippen molar-refractivity contribution in [2.24, 2.45) is 0 Å². The van der Waals surface area contributed by atoms with Gasteiger partial charge in [-0.1, -0.05) is 59.7 Å². The van der Waals surface area contributed by atoms with Crippen LogP contribution in [0.15, 0.2) is 48.5 Å². The van der Waals surface area contributed by atoms with E-state index in [-0.39, 0.29) is 0 Å². The minimum Gasteiger partial charge on any atom is -0.400 e. The number of nitrogens with one attached hydrogen (secondary N) is 1. The van der Waals surface area contributed by atoms with Gasteiger partial charge in [0.25, 0.3) is 0 Å². The Labute approximate surface area is 134 Å². The van der Waals surface area contributed by atoms with Gasteiger partial charge in [-0.05, 0) is 37.9 Å². The number of aliphatic hydroxyl groups is 1. The number of aliphatic hydroxyl groups excluding tert-OH is 1. The zero-order valence-electron chi connectivity index (χ0n) is 13.8. The molecule has 0 radical (unpaired) electrons. The van der Waals surface area contributed by atoms with E-state index in [1.165, 1.54) is 28.7 Å². The van der Waals surface area contributed by atoms with Gasteiger partial charge in [0.1, 0.15) is 6.79 Å².